The summed E-state index contributed by atoms with van der Waals surface area (Å²) < 4.78 is 10.9. The molecule has 0 amide bonds. The molecule has 3 heteroatoms. The Morgan fingerprint density at radius 1 is 1.06 bits per heavy atom. The van der Waals surface area contributed by atoms with Crippen molar-refractivity contribution >= 4 is 11.6 Å². The van der Waals surface area contributed by atoms with E-state index in [0.717, 1.165) is 16.9 Å². The zero-order valence-electron chi connectivity index (χ0n) is 10.4. The molecular formula is C15H15ClO2. The van der Waals surface area contributed by atoms with Gasteiger partial charge in [0.25, 0.3) is 0 Å². The molecule has 0 fully saturated rings. The maximum atomic E-state index is 6.06. The fourth-order valence-corrected chi connectivity index (χ4v) is 1.96. The van der Waals surface area contributed by atoms with Crippen molar-refractivity contribution < 1.29 is 9.47 Å². The Morgan fingerprint density at radius 2 is 1.83 bits per heavy atom. The number of para-hydroxylation sites is 1. The highest BCUT2D eigenvalue weighted by atomic mass is 35.5. The van der Waals surface area contributed by atoms with Gasteiger partial charge in [0.15, 0.2) is 0 Å². The second-order valence-electron chi connectivity index (χ2n) is 4.02. The summed E-state index contributed by atoms with van der Waals surface area (Å²) in [4.78, 5) is 0. The first-order valence-corrected chi connectivity index (χ1v) is 6.09. The first-order chi connectivity index (χ1) is 8.70. The average molecular weight is 263 g/mol. The van der Waals surface area contributed by atoms with Crippen LogP contribution in [0.5, 0.6) is 11.5 Å². The minimum absolute atomic E-state index is 0.495. The Morgan fingerprint density at radius 3 is 2.50 bits per heavy atom. The van der Waals surface area contributed by atoms with E-state index in [4.69, 9.17) is 21.1 Å². The Bertz CT molecular complexity index is 538. The van der Waals surface area contributed by atoms with E-state index in [2.05, 4.69) is 0 Å². The number of rotatable bonds is 4. The van der Waals surface area contributed by atoms with Gasteiger partial charge in [-0.3, -0.25) is 0 Å². The van der Waals surface area contributed by atoms with Gasteiger partial charge in [-0.15, -0.1) is 0 Å². The highest BCUT2D eigenvalue weighted by Gasteiger charge is 2.03. The standard InChI is InChI=1S/C15H15ClO2/c1-11-5-3-4-6-14(11)18-10-12-7-8-15(17-2)13(16)9-12/h3-9H,10H2,1-2H3. The van der Waals surface area contributed by atoms with Crippen LogP contribution in [-0.4, -0.2) is 7.11 Å². The Labute approximate surface area is 112 Å². The molecule has 2 aromatic carbocycles. The molecule has 0 aromatic heterocycles. The van der Waals surface area contributed by atoms with Crippen molar-refractivity contribution in [2.75, 3.05) is 7.11 Å². The van der Waals surface area contributed by atoms with Gasteiger partial charge < -0.3 is 9.47 Å². The van der Waals surface area contributed by atoms with Crippen LogP contribution >= 0.6 is 11.6 Å². The monoisotopic (exact) mass is 262 g/mol. The van der Waals surface area contributed by atoms with Crippen LogP contribution in [0.4, 0.5) is 0 Å². The molecule has 0 aliphatic carbocycles. The first-order valence-electron chi connectivity index (χ1n) is 5.71. The molecule has 0 unspecified atom stereocenters. The second-order valence-corrected chi connectivity index (χ2v) is 4.43. The molecule has 0 bridgehead atoms. The average Bonchev–Trinajstić information content (AvgIpc) is 2.38. The lowest BCUT2D eigenvalue weighted by Gasteiger charge is -2.10. The lowest BCUT2D eigenvalue weighted by Crippen LogP contribution is -1.97. The fraction of sp³-hybridized carbons (Fsp3) is 0.200. The van der Waals surface area contributed by atoms with Crippen molar-refractivity contribution in [1.29, 1.82) is 0 Å². The molecule has 0 aliphatic rings. The van der Waals surface area contributed by atoms with Gasteiger partial charge in [0.2, 0.25) is 0 Å². The first kappa shape index (κ1) is 12.8. The molecule has 0 saturated heterocycles. The lowest BCUT2D eigenvalue weighted by atomic mass is 10.2. The molecule has 0 aliphatic heterocycles. The van der Waals surface area contributed by atoms with Gasteiger partial charge in [0.05, 0.1) is 12.1 Å². The maximum Gasteiger partial charge on any atom is 0.137 e. The summed E-state index contributed by atoms with van der Waals surface area (Å²) in [5.41, 5.74) is 2.14. The summed E-state index contributed by atoms with van der Waals surface area (Å²) in [6.45, 7) is 2.52. The largest absolute Gasteiger partial charge is 0.495 e. The normalized spacial score (nSPS) is 10.2. The van der Waals surface area contributed by atoms with Crippen LogP contribution < -0.4 is 9.47 Å². The molecule has 2 rings (SSSR count). The van der Waals surface area contributed by atoms with E-state index in [9.17, 15) is 0 Å². The minimum atomic E-state index is 0.495. The highest BCUT2D eigenvalue weighted by molar-refractivity contribution is 6.32. The van der Waals surface area contributed by atoms with Gasteiger partial charge in [-0.25, -0.2) is 0 Å². The van der Waals surface area contributed by atoms with E-state index in [0.29, 0.717) is 17.4 Å². The van der Waals surface area contributed by atoms with Gasteiger partial charge >= 0.3 is 0 Å². The SMILES string of the molecule is COc1ccc(COc2ccccc2C)cc1Cl. The predicted octanol–water partition coefficient (Wildman–Crippen LogP) is 4.24. The van der Waals surface area contributed by atoms with Gasteiger partial charge in [-0.05, 0) is 36.2 Å². The molecule has 0 heterocycles. The summed E-state index contributed by atoms with van der Waals surface area (Å²) in [5, 5.41) is 0.600. The summed E-state index contributed by atoms with van der Waals surface area (Å²) in [7, 11) is 1.60. The fourth-order valence-electron chi connectivity index (χ4n) is 1.68. The molecule has 0 atom stereocenters. The van der Waals surface area contributed by atoms with E-state index < -0.39 is 0 Å². The van der Waals surface area contributed by atoms with Crippen LogP contribution in [0.25, 0.3) is 0 Å². The second kappa shape index (κ2) is 5.78. The Hall–Kier alpha value is -1.67. The van der Waals surface area contributed by atoms with Crippen LogP contribution in [-0.2, 0) is 6.61 Å². The number of ether oxygens (including phenoxy) is 2. The third-order valence-electron chi connectivity index (χ3n) is 2.70. The summed E-state index contributed by atoms with van der Waals surface area (Å²) >= 11 is 6.06. The zero-order chi connectivity index (χ0) is 13.0. The van der Waals surface area contributed by atoms with Crippen molar-refractivity contribution in [2.24, 2.45) is 0 Å². The topological polar surface area (TPSA) is 18.5 Å². The van der Waals surface area contributed by atoms with Crippen molar-refractivity contribution in [3.8, 4) is 11.5 Å². The lowest BCUT2D eigenvalue weighted by molar-refractivity contribution is 0.304. The van der Waals surface area contributed by atoms with Gasteiger partial charge in [-0.2, -0.15) is 0 Å². The molecule has 0 N–H and O–H groups in total. The van der Waals surface area contributed by atoms with E-state index in [1.54, 1.807) is 7.11 Å². The molecule has 0 spiro atoms. The van der Waals surface area contributed by atoms with E-state index in [-0.39, 0.29) is 0 Å². The van der Waals surface area contributed by atoms with Gasteiger partial charge in [0.1, 0.15) is 18.1 Å². The quantitative estimate of drug-likeness (QED) is 0.821. The van der Waals surface area contributed by atoms with E-state index >= 15 is 0 Å². The molecule has 94 valence electrons. The molecule has 0 radical (unpaired) electrons. The van der Waals surface area contributed by atoms with Gasteiger partial charge in [0, 0.05) is 0 Å². The number of halogens is 1. The molecule has 2 nitrogen and oxygen atoms in total. The Kier molecular flexibility index (Phi) is 4.11. The van der Waals surface area contributed by atoms with Crippen LogP contribution in [0.1, 0.15) is 11.1 Å². The van der Waals surface area contributed by atoms with Gasteiger partial charge in [-0.1, -0.05) is 35.9 Å². The van der Waals surface area contributed by atoms with E-state index in [1.165, 1.54) is 0 Å². The highest BCUT2D eigenvalue weighted by Crippen LogP contribution is 2.26. The molecule has 18 heavy (non-hydrogen) atoms. The molecular weight excluding hydrogens is 248 g/mol. The predicted molar refractivity (Wildman–Crippen MR) is 73.5 cm³/mol. The smallest absolute Gasteiger partial charge is 0.137 e. The number of hydrogen-bond donors (Lipinski definition) is 0. The van der Waals surface area contributed by atoms with Crippen molar-refractivity contribution in [3.05, 3.63) is 58.6 Å². The van der Waals surface area contributed by atoms with Crippen molar-refractivity contribution in [2.45, 2.75) is 13.5 Å². The number of aryl methyl sites for hydroxylation is 1. The van der Waals surface area contributed by atoms with Crippen molar-refractivity contribution in [3.63, 3.8) is 0 Å². The summed E-state index contributed by atoms with van der Waals surface area (Å²) in [6.07, 6.45) is 0. The summed E-state index contributed by atoms with van der Waals surface area (Å²) in [5.74, 6) is 1.57. The molecule has 0 saturated carbocycles. The van der Waals surface area contributed by atoms with Crippen LogP contribution in [0.2, 0.25) is 5.02 Å². The third kappa shape index (κ3) is 2.96. The number of hydrogen-bond acceptors (Lipinski definition) is 2. The Balaban J connectivity index is 2.07. The number of benzene rings is 2. The van der Waals surface area contributed by atoms with Crippen LogP contribution in [0.3, 0.4) is 0 Å². The maximum absolute atomic E-state index is 6.06. The van der Waals surface area contributed by atoms with Crippen molar-refractivity contribution in [1.82, 2.24) is 0 Å². The zero-order valence-corrected chi connectivity index (χ0v) is 11.2. The van der Waals surface area contributed by atoms with Crippen LogP contribution in [0.15, 0.2) is 42.5 Å². The third-order valence-corrected chi connectivity index (χ3v) is 3.00. The minimum Gasteiger partial charge on any atom is -0.495 e. The molecule has 2 aromatic rings. The number of methoxy groups -OCH3 is 1. The van der Waals surface area contributed by atoms with E-state index in [1.807, 2.05) is 49.4 Å². The van der Waals surface area contributed by atoms with Crippen LogP contribution in [0, 0.1) is 6.92 Å². The summed E-state index contributed by atoms with van der Waals surface area (Å²) in [6, 6.07) is 13.6.